The molecule has 0 saturated heterocycles. The molecular formula is C18H21ClN2O3S. The molecule has 0 aliphatic rings. The van der Waals surface area contributed by atoms with Crippen molar-refractivity contribution in [1.29, 1.82) is 0 Å². The molecule has 1 amide bonds. The van der Waals surface area contributed by atoms with E-state index in [0.29, 0.717) is 16.4 Å². The van der Waals surface area contributed by atoms with Crippen LogP contribution in [0.2, 0.25) is 5.02 Å². The molecular weight excluding hydrogens is 360 g/mol. The van der Waals surface area contributed by atoms with Gasteiger partial charge in [-0.2, -0.15) is 0 Å². The summed E-state index contributed by atoms with van der Waals surface area (Å²) < 4.78 is 25.6. The summed E-state index contributed by atoms with van der Waals surface area (Å²) in [5.74, 6) is -0.420. The number of nitrogens with zero attached hydrogens (tertiary/aromatic N) is 1. The Labute approximate surface area is 153 Å². The van der Waals surface area contributed by atoms with E-state index in [1.807, 2.05) is 26.0 Å². The minimum atomic E-state index is -3.63. The summed E-state index contributed by atoms with van der Waals surface area (Å²) in [4.78, 5) is 12.6. The van der Waals surface area contributed by atoms with Crippen LogP contribution in [0.15, 0.2) is 42.5 Å². The molecule has 0 radical (unpaired) electrons. The monoisotopic (exact) mass is 380 g/mol. The second-order valence-electron chi connectivity index (χ2n) is 6.02. The predicted molar refractivity (Wildman–Crippen MR) is 103 cm³/mol. The van der Waals surface area contributed by atoms with Crippen LogP contribution in [-0.2, 0) is 14.8 Å². The number of rotatable bonds is 5. The first-order chi connectivity index (χ1) is 11.6. The highest BCUT2D eigenvalue weighted by molar-refractivity contribution is 7.92. The van der Waals surface area contributed by atoms with E-state index in [9.17, 15) is 13.2 Å². The second kappa shape index (κ2) is 7.45. The van der Waals surface area contributed by atoms with Crippen LogP contribution in [0, 0.1) is 13.8 Å². The summed E-state index contributed by atoms with van der Waals surface area (Å²) in [5, 5.41) is 3.34. The molecule has 134 valence electrons. The Morgan fingerprint density at radius 3 is 2.24 bits per heavy atom. The summed E-state index contributed by atoms with van der Waals surface area (Å²) in [6.07, 6.45) is 1.09. The van der Waals surface area contributed by atoms with E-state index in [-0.39, 0.29) is 0 Å². The summed E-state index contributed by atoms with van der Waals surface area (Å²) in [6.45, 7) is 5.29. The average Bonchev–Trinajstić information content (AvgIpc) is 2.50. The highest BCUT2D eigenvalue weighted by Crippen LogP contribution is 2.24. The molecule has 1 atom stereocenters. The molecule has 0 saturated carbocycles. The summed E-state index contributed by atoms with van der Waals surface area (Å²) in [5.41, 5.74) is 2.85. The fourth-order valence-corrected chi connectivity index (χ4v) is 3.91. The molecule has 2 aromatic carbocycles. The topological polar surface area (TPSA) is 66.5 Å². The van der Waals surface area contributed by atoms with Crippen LogP contribution < -0.4 is 9.62 Å². The van der Waals surface area contributed by atoms with Crippen molar-refractivity contribution in [2.45, 2.75) is 26.8 Å². The van der Waals surface area contributed by atoms with Crippen LogP contribution in [0.1, 0.15) is 18.1 Å². The first-order valence-electron chi connectivity index (χ1n) is 7.72. The Balaban J connectivity index is 2.31. The quantitative estimate of drug-likeness (QED) is 0.858. The van der Waals surface area contributed by atoms with Gasteiger partial charge in [-0.3, -0.25) is 9.10 Å². The van der Waals surface area contributed by atoms with Gasteiger partial charge in [-0.25, -0.2) is 8.42 Å². The molecule has 0 heterocycles. The van der Waals surface area contributed by atoms with Crippen molar-refractivity contribution in [3.63, 3.8) is 0 Å². The number of sulfonamides is 1. The van der Waals surface area contributed by atoms with E-state index < -0.39 is 22.0 Å². The molecule has 0 bridgehead atoms. The highest BCUT2D eigenvalue weighted by Gasteiger charge is 2.29. The maximum Gasteiger partial charge on any atom is 0.248 e. The van der Waals surface area contributed by atoms with Crippen molar-refractivity contribution in [1.82, 2.24) is 0 Å². The van der Waals surface area contributed by atoms with Crippen LogP contribution in [0.25, 0.3) is 0 Å². The van der Waals surface area contributed by atoms with Crippen molar-refractivity contribution in [3.05, 3.63) is 58.6 Å². The molecule has 0 aromatic heterocycles. The number of carbonyl (C=O) groups is 1. The van der Waals surface area contributed by atoms with E-state index >= 15 is 0 Å². The van der Waals surface area contributed by atoms with Gasteiger partial charge >= 0.3 is 0 Å². The molecule has 2 aromatic rings. The first-order valence-corrected chi connectivity index (χ1v) is 9.95. The zero-order valence-corrected chi connectivity index (χ0v) is 16.1. The van der Waals surface area contributed by atoms with Gasteiger partial charge in [0.05, 0.1) is 11.9 Å². The zero-order chi connectivity index (χ0) is 18.8. The van der Waals surface area contributed by atoms with Crippen molar-refractivity contribution in [2.75, 3.05) is 15.9 Å². The number of benzene rings is 2. The lowest BCUT2D eigenvalue weighted by Gasteiger charge is -2.28. The lowest BCUT2D eigenvalue weighted by atomic mass is 10.2. The molecule has 0 fully saturated rings. The summed E-state index contributed by atoms with van der Waals surface area (Å²) >= 11 is 5.92. The van der Waals surface area contributed by atoms with Crippen molar-refractivity contribution >= 4 is 38.9 Å². The second-order valence-corrected chi connectivity index (χ2v) is 8.31. The van der Waals surface area contributed by atoms with Gasteiger partial charge in [-0.05, 0) is 56.7 Å². The molecule has 1 N–H and O–H groups in total. The lowest BCUT2D eigenvalue weighted by Crippen LogP contribution is -2.45. The van der Waals surface area contributed by atoms with Crippen molar-refractivity contribution < 1.29 is 13.2 Å². The maximum absolute atomic E-state index is 12.6. The number of aryl methyl sites for hydroxylation is 2. The molecule has 0 aliphatic heterocycles. The Morgan fingerprint density at radius 1 is 1.12 bits per heavy atom. The van der Waals surface area contributed by atoms with Gasteiger partial charge in [-0.15, -0.1) is 0 Å². The maximum atomic E-state index is 12.6. The van der Waals surface area contributed by atoms with Gasteiger partial charge in [0.15, 0.2) is 0 Å². The number of carbonyl (C=O) groups excluding carboxylic acids is 1. The normalized spacial score (nSPS) is 12.5. The Morgan fingerprint density at radius 2 is 1.72 bits per heavy atom. The lowest BCUT2D eigenvalue weighted by molar-refractivity contribution is -0.116. The van der Waals surface area contributed by atoms with E-state index in [2.05, 4.69) is 5.32 Å². The number of anilines is 2. The number of hydrogen-bond acceptors (Lipinski definition) is 3. The number of hydrogen-bond donors (Lipinski definition) is 1. The third-order valence-corrected chi connectivity index (χ3v) is 5.30. The number of nitrogens with one attached hydrogen (secondary N) is 1. The van der Waals surface area contributed by atoms with Gasteiger partial charge in [0.1, 0.15) is 6.04 Å². The largest absolute Gasteiger partial charge is 0.324 e. The predicted octanol–water partition coefficient (Wildman–Crippen LogP) is 3.75. The first kappa shape index (κ1) is 19.3. The van der Waals surface area contributed by atoms with Gasteiger partial charge in [0, 0.05) is 10.7 Å². The third kappa shape index (κ3) is 4.74. The van der Waals surface area contributed by atoms with Crippen LogP contribution in [0.3, 0.4) is 0 Å². The Kier molecular flexibility index (Phi) is 5.75. The molecule has 0 unspecified atom stereocenters. The summed E-state index contributed by atoms with van der Waals surface area (Å²) in [6, 6.07) is 11.2. The molecule has 25 heavy (non-hydrogen) atoms. The summed E-state index contributed by atoms with van der Waals surface area (Å²) in [7, 11) is -3.63. The smallest absolute Gasteiger partial charge is 0.248 e. The SMILES string of the molecule is Cc1ccc(N([C@H](C)C(=O)Nc2ccc(Cl)cc2C)S(C)(=O)=O)cc1. The van der Waals surface area contributed by atoms with Crippen LogP contribution in [0.4, 0.5) is 11.4 Å². The van der Waals surface area contributed by atoms with E-state index in [1.54, 1.807) is 37.3 Å². The minimum absolute atomic E-state index is 0.420. The zero-order valence-electron chi connectivity index (χ0n) is 14.6. The van der Waals surface area contributed by atoms with Gasteiger partial charge in [0.2, 0.25) is 15.9 Å². The molecule has 0 aliphatic carbocycles. The van der Waals surface area contributed by atoms with E-state index in [1.165, 1.54) is 0 Å². The van der Waals surface area contributed by atoms with Crippen molar-refractivity contribution in [3.8, 4) is 0 Å². The van der Waals surface area contributed by atoms with Gasteiger partial charge < -0.3 is 5.32 Å². The molecule has 7 heteroatoms. The molecule has 0 spiro atoms. The number of amides is 1. The van der Waals surface area contributed by atoms with Crippen molar-refractivity contribution in [2.24, 2.45) is 0 Å². The standard InChI is InChI=1S/C18H21ClN2O3S/c1-12-5-8-16(9-6-12)21(25(4,23)24)14(3)18(22)20-17-10-7-15(19)11-13(17)2/h5-11,14H,1-4H3,(H,20,22)/t14-/m1/s1. The van der Waals surface area contributed by atoms with Crippen LogP contribution in [-0.4, -0.2) is 26.6 Å². The average molecular weight is 381 g/mol. The number of halogens is 1. The Hall–Kier alpha value is -2.05. The fraction of sp³-hybridized carbons (Fsp3) is 0.278. The third-order valence-electron chi connectivity index (χ3n) is 3.82. The van der Waals surface area contributed by atoms with E-state index in [4.69, 9.17) is 11.6 Å². The van der Waals surface area contributed by atoms with Crippen LogP contribution in [0.5, 0.6) is 0 Å². The van der Waals surface area contributed by atoms with Crippen LogP contribution >= 0.6 is 11.6 Å². The van der Waals surface area contributed by atoms with Gasteiger partial charge in [-0.1, -0.05) is 29.3 Å². The van der Waals surface area contributed by atoms with E-state index in [0.717, 1.165) is 21.7 Å². The fourth-order valence-electron chi connectivity index (χ4n) is 2.50. The highest BCUT2D eigenvalue weighted by atomic mass is 35.5. The van der Waals surface area contributed by atoms with Gasteiger partial charge in [0.25, 0.3) is 0 Å². The minimum Gasteiger partial charge on any atom is -0.324 e. The molecule has 5 nitrogen and oxygen atoms in total. The molecule has 2 rings (SSSR count). The Bertz CT molecular complexity index is 880.